The fourth-order valence-corrected chi connectivity index (χ4v) is 3.13. The molecule has 1 amide bonds. The Morgan fingerprint density at radius 3 is 2.86 bits per heavy atom. The first-order chi connectivity index (χ1) is 14.0. The molecule has 1 fully saturated rings. The monoisotopic (exact) mass is 414 g/mol. The van der Waals surface area contributed by atoms with Gasteiger partial charge in [-0.2, -0.15) is 0 Å². The molecule has 0 aromatic carbocycles. The first-order valence-electron chi connectivity index (χ1n) is 9.70. The van der Waals surface area contributed by atoms with Gasteiger partial charge in [0.2, 0.25) is 5.91 Å². The number of H-pyrrole nitrogens is 1. The van der Waals surface area contributed by atoms with Gasteiger partial charge in [0, 0.05) is 32.3 Å². The molecular formula is C18H30N4O7. The molecule has 164 valence electrons. The van der Waals surface area contributed by atoms with E-state index in [2.05, 4.69) is 10.3 Å². The molecule has 29 heavy (non-hydrogen) atoms. The van der Waals surface area contributed by atoms with E-state index in [0.29, 0.717) is 13.0 Å². The van der Waals surface area contributed by atoms with Crippen molar-refractivity contribution in [2.75, 3.05) is 33.4 Å². The normalized spacial score (nSPS) is 24.0. The van der Waals surface area contributed by atoms with Gasteiger partial charge < -0.3 is 30.4 Å². The van der Waals surface area contributed by atoms with Gasteiger partial charge in [0.1, 0.15) is 18.3 Å². The second-order valence-electron chi connectivity index (χ2n) is 6.81. The fraction of sp³-hybridized carbons (Fsp3) is 0.722. The number of carbonyl (C=O) groups is 1. The number of aromatic nitrogens is 2. The minimum absolute atomic E-state index is 0.0838. The lowest BCUT2D eigenvalue weighted by molar-refractivity contribution is -0.122. The third-order valence-electron chi connectivity index (χ3n) is 4.61. The van der Waals surface area contributed by atoms with E-state index in [1.165, 1.54) is 19.4 Å². The van der Waals surface area contributed by atoms with E-state index in [4.69, 9.17) is 19.9 Å². The van der Waals surface area contributed by atoms with Gasteiger partial charge in [-0.25, -0.2) is 4.79 Å². The summed E-state index contributed by atoms with van der Waals surface area (Å²) in [5.41, 5.74) is 4.21. The Morgan fingerprint density at radius 2 is 2.17 bits per heavy atom. The van der Waals surface area contributed by atoms with Crippen molar-refractivity contribution in [1.29, 1.82) is 0 Å². The second-order valence-corrected chi connectivity index (χ2v) is 6.81. The molecule has 2 rings (SSSR count). The van der Waals surface area contributed by atoms with E-state index in [-0.39, 0.29) is 25.7 Å². The maximum atomic E-state index is 12.1. The lowest BCUT2D eigenvalue weighted by Crippen LogP contribution is -2.40. The zero-order chi connectivity index (χ0) is 21.2. The van der Waals surface area contributed by atoms with Crippen molar-refractivity contribution >= 4 is 5.91 Å². The summed E-state index contributed by atoms with van der Waals surface area (Å²) in [6.45, 7) is 1.09. The highest BCUT2D eigenvalue weighted by molar-refractivity contribution is 5.75. The summed E-state index contributed by atoms with van der Waals surface area (Å²) in [5, 5.41) is 13.3. The number of rotatable bonds is 12. The van der Waals surface area contributed by atoms with Crippen molar-refractivity contribution in [3.63, 3.8) is 0 Å². The van der Waals surface area contributed by atoms with Crippen LogP contribution in [0.2, 0.25) is 0 Å². The predicted octanol–water partition coefficient (Wildman–Crippen LogP) is -1.54. The van der Waals surface area contributed by atoms with Crippen molar-refractivity contribution < 1.29 is 24.1 Å². The number of nitrogens with zero attached hydrogens (tertiary/aromatic N) is 1. The smallest absolute Gasteiger partial charge is 0.330 e. The van der Waals surface area contributed by atoms with Crippen molar-refractivity contribution in [2.24, 2.45) is 5.73 Å². The van der Waals surface area contributed by atoms with Crippen LogP contribution in [0.1, 0.15) is 31.9 Å². The molecule has 1 aliphatic rings. The number of carbonyl (C=O) groups excluding carboxylic acids is 1. The highest BCUT2D eigenvalue weighted by atomic mass is 16.6. The highest BCUT2D eigenvalue weighted by Gasteiger charge is 2.45. The average molecular weight is 414 g/mol. The summed E-state index contributed by atoms with van der Waals surface area (Å²) >= 11 is 0. The number of aliphatic hydroxyl groups excluding tert-OH is 1. The Labute approximate surface area is 168 Å². The van der Waals surface area contributed by atoms with E-state index in [1.54, 1.807) is 0 Å². The van der Waals surface area contributed by atoms with Crippen LogP contribution in [0.15, 0.2) is 21.9 Å². The Hall–Kier alpha value is -2.05. The van der Waals surface area contributed by atoms with Crippen LogP contribution in [0.3, 0.4) is 0 Å². The molecule has 0 bridgehead atoms. The molecule has 1 aliphatic heterocycles. The van der Waals surface area contributed by atoms with Gasteiger partial charge in [0.15, 0.2) is 6.23 Å². The minimum Gasteiger partial charge on any atom is -0.387 e. The van der Waals surface area contributed by atoms with E-state index < -0.39 is 35.8 Å². The maximum Gasteiger partial charge on any atom is 0.330 e. The molecule has 0 spiro atoms. The number of unbranched alkanes of at least 4 members (excludes halogenated alkanes) is 2. The van der Waals surface area contributed by atoms with Crippen LogP contribution >= 0.6 is 0 Å². The van der Waals surface area contributed by atoms with Crippen LogP contribution < -0.4 is 22.3 Å². The number of hydrogen-bond donors (Lipinski definition) is 4. The highest BCUT2D eigenvalue weighted by Crippen LogP contribution is 2.30. The first-order valence-corrected chi connectivity index (χ1v) is 9.70. The zero-order valence-corrected chi connectivity index (χ0v) is 16.5. The summed E-state index contributed by atoms with van der Waals surface area (Å²) < 4.78 is 17.6. The molecule has 0 saturated carbocycles. The number of ether oxygens (including phenoxy) is 3. The van der Waals surface area contributed by atoms with Crippen LogP contribution in [-0.2, 0) is 19.0 Å². The number of amides is 1. The lowest BCUT2D eigenvalue weighted by atomic mass is 10.1. The van der Waals surface area contributed by atoms with Gasteiger partial charge in [-0.1, -0.05) is 6.42 Å². The summed E-state index contributed by atoms with van der Waals surface area (Å²) in [6, 6.07) is 1.18. The summed E-state index contributed by atoms with van der Waals surface area (Å²) in [7, 11) is 1.47. The number of aliphatic hydroxyl groups is 1. The molecule has 0 aliphatic carbocycles. The molecule has 1 saturated heterocycles. The largest absolute Gasteiger partial charge is 0.387 e. The Bertz CT molecular complexity index is 750. The molecule has 2 heterocycles. The zero-order valence-electron chi connectivity index (χ0n) is 16.5. The molecular weight excluding hydrogens is 384 g/mol. The third-order valence-corrected chi connectivity index (χ3v) is 4.61. The van der Waals surface area contributed by atoms with Crippen LogP contribution in [0.25, 0.3) is 0 Å². The Balaban J connectivity index is 1.92. The van der Waals surface area contributed by atoms with Crippen LogP contribution in [0.4, 0.5) is 0 Å². The summed E-state index contributed by atoms with van der Waals surface area (Å²) in [4.78, 5) is 37.3. The van der Waals surface area contributed by atoms with Crippen molar-refractivity contribution in [3.8, 4) is 0 Å². The van der Waals surface area contributed by atoms with Gasteiger partial charge in [-0.3, -0.25) is 19.1 Å². The quantitative estimate of drug-likeness (QED) is 0.300. The van der Waals surface area contributed by atoms with E-state index >= 15 is 0 Å². The second kappa shape index (κ2) is 11.8. The number of aromatic amines is 1. The van der Waals surface area contributed by atoms with Crippen molar-refractivity contribution in [1.82, 2.24) is 14.9 Å². The fourth-order valence-electron chi connectivity index (χ4n) is 3.13. The van der Waals surface area contributed by atoms with Crippen LogP contribution in [0.5, 0.6) is 0 Å². The molecule has 11 nitrogen and oxygen atoms in total. The number of hydrogen-bond acceptors (Lipinski definition) is 8. The predicted molar refractivity (Wildman–Crippen MR) is 103 cm³/mol. The Kier molecular flexibility index (Phi) is 9.48. The Morgan fingerprint density at radius 1 is 1.38 bits per heavy atom. The molecule has 4 atom stereocenters. The SMILES string of the molecule is COCC1OC(n2ccc(=O)[nH]c2=O)C(OCCNC(=O)CCCCCN)C1O. The molecule has 4 unspecified atom stereocenters. The summed E-state index contributed by atoms with van der Waals surface area (Å²) in [6.07, 6.45) is 0.702. The number of methoxy groups -OCH3 is 1. The number of nitrogens with two attached hydrogens (primary N) is 1. The molecule has 1 aromatic heterocycles. The van der Waals surface area contributed by atoms with E-state index in [1.807, 2.05) is 0 Å². The molecule has 5 N–H and O–H groups in total. The summed E-state index contributed by atoms with van der Waals surface area (Å²) in [5.74, 6) is -0.0838. The van der Waals surface area contributed by atoms with Gasteiger partial charge in [-0.05, 0) is 19.4 Å². The number of nitrogens with one attached hydrogen (secondary N) is 2. The van der Waals surface area contributed by atoms with Gasteiger partial charge in [-0.15, -0.1) is 0 Å². The van der Waals surface area contributed by atoms with Gasteiger partial charge in [0.25, 0.3) is 5.56 Å². The maximum absolute atomic E-state index is 12.1. The average Bonchev–Trinajstić information content (AvgIpc) is 2.98. The van der Waals surface area contributed by atoms with E-state index in [9.17, 15) is 19.5 Å². The van der Waals surface area contributed by atoms with E-state index in [0.717, 1.165) is 23.8 Å². The van der Waals surface area contributed by atoms with Crippen molar-refractivity contribution in [3.05, 3.63) is 33.1 Å². The van der Waals surface area contributed by atoms with Gasteiger partial charge in [0.05, 0.1) is 13.2 Å². The van der Waals surface area contributed by atoms with Crippen LogP contribution in [0, 0.1) is 0 Å². The topological polar surface area (TPSA) is 158 Å². The molecule has 1 aromatic rings. The first kappa shape index (κ1) is 23.2. The lowest BCUT2D eigenvalue weighted by Gasteiger charge is -2.22. The minimum atomic E-state index is -1.05. The van der Waals surface area contributed by atoms with Crippen molar-refractivity contribution in [2.45, 2.75) is 50.2 Å². The molecule has 0 radical (unpaired) electrons. The molecule has 11 heteroatoms. The van der Waals surface area contributed by atoms with Crippen LogP contribution in [-0.4, -0.2) is 72.3 Å². The third kappa shape index (κ3) is 6.75. The van der Waals surface area contributed by atoms with Gasteiger partial charge >= 0.3 is 5.69 Å². The standard InChI is InChI=1S/C18H30N4O7/c1-27-11-12-15(25)16(17(29-12)22-9-6-14(24)21-18(22)26)28-10-8-20-13(23)5-3-2-4-7-19/h6,9,12,15-17,25H,2-5,7-8,10-11,19H2,1H3,(H,20,23)(H,21,24,26).